The summed E-state index contributed by atoms with van der Waals surface area (Å²) in [6, 6.07) is 2.39. The molecule has 1 aromatic carbocycles. The van der Waals surface area contributed by atoms with E-state index in [0.717, 1.165) is 37.1 Å². The topological polar surface area (TPSA) is 85.3 Å². The van der Waals surface area contributed by atoms with Crippen LogP contribution in [0.25, 0.3) is 0 Å². The van der Waals surface area contributed by atoms with Crippen LogP contribution in [0.3, 0.4) is 0 Å². The van der Waals surface area contributed by atoms with Gasteiger partial charge in [0.25, 0.3) is 0 Å². The minimum atomic E-state index is -4.71. The maximum Gasteiger partial charge on any atom is 0.419 e. The number of alkyl halides is 3. The third-order valence-corrected chi connectivity index (χ3v) is 8.14. The number of phenols is 1. The normalized spacial score (nSPS) is 20.0. The molecule has 3 aliphatic rings. The summed E-state index contributed by atoms with van der Waals surface area (Å²) in [7, 11) is 2.04. The summed E-state index contributed by atoms with van der Waals surface area (Å²) < 4.78 is 48.0. The van der Waals surface area contributed by atoms with Crippen LogP contribution in [-0.4, -0.2) is 89.7 Å². The highest BCUT2D eigenvalue weighted by molar-refractivity contribution is 6.32. The molecular weight excluding hydrogens is 549 g/mol. The lowest BCUT2D eigenvalue weighted by molar-refractivity contribution is -0.137. The van der Waals surface area contributed by atoms with E-state index in [1.54, 1.807) is 4.90 Å². The van der Waals surface area contributed by atoms with Crippen molar-refractivity contribution in [3.63, 3.8) is 0 Å². The number of fused-ring (bicyclic) bond motifs is 1. The van der Waals surface area contributed by atoms with Crippen LogP contribution in [0.2, 0.25) is 5.02 Å². The van der Waals surface area contributed by atoms with Crippen LogP contribution in [0.15, 0.2) is 24.8 Å². The van der Waals surface area contributed by atoms with Crippen molar-refractivity contribution in [2.45, 2.75) is 38.0 Å². The average molecular weight is 581 g/mol. The number of aromatic nitrogens is 2. The van der Waals surface area contributed by atoms with E-state index >= 15 is 0 Å². The summed E-state index contributed by atoms with van der Waals surface area (Å²) in [5, 5.41) is 9.51. The van der Waals surface area contributed by atoms with E-state index in [4.69, 9.17) is 21.3 Å². The summed E-state index contributed by atoms with van der Waals surface area (Å²) in [5.41, 5.74) is 0.205. The molecule has 1 aromatic heterocycles. The number of amides is 1. The molecule has 0 radical (unpaired) electrons. The molecule has 216 valence electrons. The van der Waals surface area contributed by atoms with E-state index in [9.17, 15) is 23.1 Å². The van der Waals surface area contributed by atoms with Gasteiger partial charge in [-0.05, 0) is 45.0 Å². The largest absolute Gasteiger partial charge is 0.508 e. The number of likely N-dealkylation sites (N-methyl/N-ethyl adjacent to an activating group) is 1. The Balaban J connectivity index is 1.47. The van der Waals surface area contributed by atoms with Crippen LogP contribution in [0.5, 0.6) is 11.8 Å². The number of rotatable bonds is 6. The van der Waals surface area contributed by atoms with Gasteiger partial charge in [0, 0.05) is 50.4 Å². The standard InChI is InChI=1S/C27H32ClF3N6O3/c1-3-23(39)35-9-11-36(12-10-35)25-19-6-8-37(22-14-18(38)13-20(28)24(22)27(29,30)31)15-21(19)32-26(33-25)40-16-17-5-4-7-34(17)2/h3,13-14,17,38H,1,4-12,15-16H2,2H3/t17-/m1/s1. The second-order valence-corrected chi connectivity index (χ2v) is 10.8. The molecule has 0 spiro atoms. The zero-order chi connectivity index (χ0) is 28.6. The zero-order valence-electron chi connectivity index (χ0n) is 22.3. The SMILES string of the molecule is C=CC(=O)N1CCN(c2nc(OC[C@H]3CCCN3C)nc3c2CCN(c2cc(O)cc(Cl)c2C(F)(F)F)C3)CC1. The van der Waals surface area contributed by atoms with Gasteiger partial charge in [-0.25, -0.2) is 0 Å². The highest BCUT2D eigenvalue weighted by Gasteiger charge is 2.39. The van der Waals surface area contributed by atoms with Crippen molar-refractivity contribution in [3.05, 3.63) is 46.6 Å². The number of carbonyl (C=O) groups is 1. The third-order valence-electron chi connectivity index (χ3n) is 7.84. The predicted molar refractivity (Wildman–Crippen MR) is 145 cm³/mol. The highest BCUT2D eigenvalue weighted by Crippen LogP contribution is 2.44. The van der Waals surface area contributed by atoms with Gasteiger partial charge in [-0.1, -0.05) is 18.2 Å². The molecule has 0 unspecified atom stereocenters. The third kappa shape index (κ3) is 5.78. The monoisotopic (exact) mass is 580 g/mol. The zero-order valence-corrected chi connectivity index (χ0v) is 23.0. The van der Waals surface area contributed by atoms with Crippen molar-refractivity contribution in [2.24, 2.45) is 0 Å². The average Bonchev–Trinajstić information content (AvgIpc) is 3.33. The van der Waals surface area contributed by atoms with Crippen LogP contribution in [0, 0.1) is 0 Å². The Morgan fingerprint density at radius 2 is 1.93 bits per heavy atom. The van der Waals surface area contributed by atoms with E-state index in [-0.39, 0.29) is 42.5 Å². The molecule has 1 atom stereocenters. The molecule has 13 heteroatoms. The van der Waals surface area contributed by atoms with Crippen molar-refractivity contribution < 1.29 is 27.8 Å². The molecule has 0 saturated carbocycles. The number of nitrogens with zero attached hydrogens (tertiary/aromatic N) is 6. The number of anilines is 2. The Kier molecular flexibility index (Phi) is 8.01. The van der Waals surface area contributed by atoms with E-state index in [2.05, 4.69) is 21.4 Å². The van der Waals surface area contributed by atoms with Crippen LogP contribution in [-0.2, 0) is 23.9 Å². The molecule has 0 aliphatic carbocycles. The smallest absolute Gasteiger partial charge is 0.419 e. The second kappa shape index (κ2) is 11.3. The number of hydrogen-bond acceptors (Lipinski definition) is 8. The fraction of sp³-hybridized carbons (Fsp3) is 0.519. The minimum absolute atomic E-state index is 0.0579. The van der Waals surface area contributed by atoms with Crippen molar-refractivity contribution >= 4 is 29.0 Å². The second-order valence-electron chi connectivity index (χ2n) is 10.4. The Hall–Kier alpha value is -3.25. The van der Waals surface area contributed by atoms with Crippen LogP contribution in [0.4, 0.5) is 24.7 Å². The number of carbonyl (C=O) groups excluding carboxylic acids is 1. The van der Waals surface area contributed by atoms with Gasteiger partial charge in [0.15, 0.2) is 0 Å². The molecule has 9 nitrogen and oxygen atoms in total. The van der Waals surface area contributed by atoms with Crippen molar-refractivity contribution in [1.82, 2.24) is 19.8 Å². The highest BCUT2D eigenvalue weighted by atomic mass is 35.5. The summed E-state index contributed by atoms with van der Waals surface area (Å²) in [6.07, 6.45) is -0.947. The Morgan fingerprint density at radius 1 is 1.18 bits per heavy atom. The van der Waals surface area contributed by atoms with Gasteiger partial charge < -0.3 is 29.4 Å². The molecule has 2 fully saturated rings. The fourth-order valence-electron chi connectivity index (χ4n) is 5.66. The first kappa shape index (κ1) is 28.3. The van der Waals surface area contributed by atoms with E-state index in [1.165, 1.54) is 11.0 Å². The van der Waals surface area contributed by atoms with Crippen LogP contribution >= 0.6 is 11.6 Å². The molecule has 3 aliphatic heterocycles. The van der Waals surface area contributed by atoms with Crippen molar-refractivity contribution in [3.8, 4) is 11.8 Å². The Bertz CT molecular complexity index is 1290. The van der Waals surface area contributed by atoms with E-state index < -0.39 is 16.8 Å². The Morgan fingerprint density at radius 3 is 2.58 bits per heavy atom. The van der Waals surface area contributed by atoms with Gasteiger partial charge in [0.05, 0.1) is 28.5 Å². The first-order valence-corrected chi connectivity index (χ1v) is 13.7. The summed E-state index contributed by atoms with van der Waals surface area (Å²) >= 11 is 5.95. The minimum Gasteiger partial charge on any atom is -0.508 e. The van der Waals surface area contributed by atoms with Crippen LogP contribution < -0.4 is 14.5 Å². The van der Waals surface area contributed by atoms with E-state index in [0.29, 0.717) is 50.7 Å². The van der Waals surface area contributed by atoms with E-state index in [1.807, 2.05) is 7.05 Å². The summed E-state index contributed by atoms with van der Waals surface area (Å²) in [5.74, 6) is 0.198. The van der Waals surface area contributed by atoms with Gasteiger partial charge in [-0.15, -0.1) is 0 Å². The van der Waals surface area contributed by atoms with Gasteiger partial charge in [-0.2, -0.15) is 23.1 Å². The first-order valence-electron chi connectivity index (χ1n) is 13.3. The van der Waals surface area contributed by atoms with Crippen molar-refractivity contribution in [1.29, 1.82) is 0 Å². The molecule has 5 rings (SSSR count). The number of phenolic OH excluding ortho intramolecular Hbond substituents is 1. The fourth-order valence-corrected chi connectivity index (χ4v) is 5.97. The number of aromatic hydroxyl groups is 1. The number of benzene rings is 1. The lowest BCUT2D eigenvalue weighted by Crippen LogP contribution is -2.49. The number of likely N-dealkylation sites (tertiary alicyclic amines) is 1. The van der Waals surface area contributed by atoms with Crippen LogP contribution in [0.1, 0.15) is 29.7 Å². The van der Waals surface area contributed by atoms with Gasteiger partial charge in [-0.3, -0.25) is 4.79 Å². The molecule has 40 heavy (non-hydrogen) atoms. The maximum atomic E-state index is 14.0. The molecule has 2 aromatic rings. The lowest BCUT2D eigenvalue weighted by Gasteiger charge is -2.38. The number of hydrogen-bond donors (Lipinski definition) is 1. The van der Waals surface area contributed by atoms with Gasteiger partial charge >= 0.3 is 12.2 Å². The number of halogens is 4. The quantitative estimate of drug-likeness (QED) is 0.518. The van der Waals surface area contributed by atoms with Gasteiger partial charge in [0.2, 0.25) is 5.91 Å². The lowest BCUT2D eigenvalue weighted by atomic mass is 10.0. The molecule has 1 amide bonds. The summed E-state index contributed by atoms with van der Waals surface area (Å²) in [6.45, 7) is 7.32. The Labute approximate surface area is 235 Å². The maximum absolute atomic E-state index is 14.0. The predicted octanol–water partition coefficient (Wildman–Crippen LogP) is 3.72. The number of ether oxygens (including phenoxy) is 1. The van der Waals surface area contributed by atoms with Crippen molar-refractivity contribution in [2.75, 3.05) is 62.7 Å². The molecule has 0 bridgehead atoms. The van der Waals surface area contributed by atoms with Gasteiger partial charge in [0.1, 0.15) is 18.2 Å². The molecule has 1 N–H and O–H groups in total. The summed E-state index contributed by atoms with van der Waals surface area (Å²) in [4.78, 5) is 29.0. The molecular formula is C27H32ClF3N6O3. The molecule has 4 heterocycles. The number of piperazine rings is 1. The molecule has 2 saturated heterocycles. The first-order chi connectivity index (χ1) is 19.0.